The van der Waals surface area contributed by atoms with E-state index in [9.17, 15) is 19.2 Å². The van der Waals surface area contributed by atoms with Gasteiger partial charge < -0.3 is 19.5 Å². The molecule has 0 aliphatic carbocycles. The molecule has 9 heteroatoms. The molecule has 0 unspecified atom stereocenters. The molecule has 0 saturated carbocycles. The number of nitrogens with one attached hydrogen (secondary N) is 1. The van der Waals surface area contributed by atoms with E-state index in [4.69, 9.17) is 25.8 Å². The molecule has 31 heavy (non-hydrogen) atoms. The molecule has 2 aromatic carbocycles. The van der Waals surface area contributed by atoms with Crippen LogP contribution in [0.1, 0.15) is 51.3 Å². The Hall–Kier alpha value is -3.39. The molecule has 2 aromatic rings. The number of esters is 3. The van der Waals surface area contributed by atoms with Crippen molar-refractivity contribution >= 4 is 35.4 Å². The first kappa shape index (κ1) is 23.9. The predicted octanol–water partition coefficient (Wildman–Crippen LogP) is 3.42. The zero-order valence-electron chi connectivity index (χ0n) is 17.1. The first-order valence-corrected chi connectivity index (χ1v) is 9.96. The highest BCUT2D eigenvalue weighted by molar-refractivity contribution is 6.33. The molecule has 0 radical (unpaired) electrons. The zero-order valence-corrected chi connectivity index (χ0v) is 17.9. The maximum absolute atomic E-state index is 12.2. The summed E-state index contributed by atoms with van der Waals surface area (Å²) in [5.41, 5.74) is 0.378. The SMILES string of the molecule is CCOC(=O)c1cc(OC(=O)CCNC(=O)c2ccccc2Cl)cc(C(=O)OCC)c1. The third-order valence-electron chi connectivity index (χ3n) is 3.89. The minimum Gasteiger partial charge on any atom is -0.462 e. The Morgan fingerprint density at radius 3 is 2.03 bits per heavy atom. The largest absolute Gasteiger partial charge is 0.462 e. The van der Waals surface area contributed by atoms with Crippen LogP contribution >= 0.6 is 11.6 Å². The number of halogens is 1. The van der Waals surface area contributed by atoms with Gasteiger partial charge in [-0.05, 0) is 44.2 Å². The maximum atomic E-state index is 12.2. The number of ether oxygens (including phenoxy) is 3. The molecule has 0 fully saturated rings. The summed E-state index contributed by atoms with van der Waals surface area (Å²) >= 11 is 5.97. The third-order valence-corrected chi connectivity index (χ3v) is 4.22. The van der Waals surface area contributed by atoms with E-state index in [2.05, 4.69) is 5.32 Å². The molecule has 0 spiro atoms. The van der Waals surface area contributed by atoms with Crippen LogP contribution in [0.3, 0.4) is 0 Å². The second kappa shape index (κ2) is 11.7. The first-order chi connectivity index (χ1) is 14.8. The number of amides is 1. The fourth-order valence-electron chi connectivity index (χ4n) is 2.52. The van der Waals surface area contributed by atoms with Crippen molar-refractivity contribution in [2.45, 2.75) is 20.3 Å². The Bertz CT molecular complexity index is 938. The Morgan fingerprint density at radius 2 is 1.48 bits per heavy atom. The highest BCUT2D eigenvalue weighted by Crippen LogP contribution is 2.20. The van der Waals surface area contributed by atoms with E-state index in [0.717, 1.165) is 0 Å². The van der Waals surface area contributed by atoms with Gasteiger partial charge in [0, 0.05) is 6.54 Å². The topological polar surface area (TPSA) is 108 Å². The molecule has 0 saturated heterocycles. The molecule has 1 N–H and O–H groups in total. The Balaban J connectivity index is 2.03. The van der Waals surface area contributed by atoms with Crippen molar-refractivity contribution in [3.05, 3.63) is 64.2 Å². The minimum atomic E-state index is -0.671. The van der Waals surface area contributed by atoms with E-state index in [1.807, 2.05) is 0 Å². The lowest BCUT2D eigenvalue weighted by Crippen LogP contribution is -2.27. The molecule has 1 amide bonds. The Kier molecular flexibility index (Phi) is 9.02. The van der Waals surface area contributed by atoms with E-state index in [1.165, 1.54) is 18.2 Å². The smallest absolute Gasteiger partial charge is 0.338 e. The second-order valence-electron chi connectivity index (χ2n) is 6.15. The van der Waals surface area contributed by atoms with E-state index < -0.39 is 23.8 Å². The highest BCUT2D eigenvalue weighted by atomic mass is 35.5. The Morgan fingerprint density at radius 1 is 0.903 bits per heavy atom. The molecular weight excluding hydrogens is 426 g/mol. The third kappa shape index (κ3) is 7.11. The van der Waals surface area contributed by atoms with Gasteiger partial charge in [0.2, 0.25) is 0 Å². The van der Waals surface area contributed by atoms with Crippen LogP contribution in [0.4, 0.5) is 0 Å². The van der Waals surface area contributed by atoms with Crippen LogP contribution < -0.4 is 10.1 Å². The van der Waals surface area contributed by atoms with Crippen LogP contribution in [0.5, 0.6) is 5.75 Å². The second-order valence-corrected chi connectivity index (χ2v) is 6.55. The number of carbonyl (C=O) groups excluding carboxylic acids is 4. The Labute approximate surface area is 184 Å². The monoisotopic (exact) mass is 447 g/mol. The predicted molar refractivity (Wildman–Crippen MR) is 112 cm³/mol. The molecule has 164 valence electrons. The summed E-state index contributed by atoms with van der Waals surface area (Å²) in [5.74, 6) is -2.45. The van der Waals surface area contributed by atoms with Gasteiger partial charge in [-0.3, -0.25) is 9.59 Å². The maximum Gasteiger partial charge on any atom is 0.338 e. The van der Waals surface area contributed by atoms with E-state index in [-0.39, 0.29) is 43.1 Å². The van der Waals surface area contributed by atoms with E-state index in [1.54, 1.807) is 38.1 Å². The van der Waals surface area contributed by atoms with Gasteiger partial charge in [-0.15, -0.1) is 0 Å². The lowest BCUT2D eigenvalue weighted by molar-refractivity contribution is -0.134. The molecule has 0 heterocycles. The van der Waals surface area contributed by atoms with Crippen LogP contribution in [0.2, 0.25) is 5.02 Å². The van der Waals surface area contributed by atoms with Gasteiger partial charge in [0.05, 0.1) is 41.3 Å². The molecule has 0 atom stereocenters. The van der Waals surface area contributed by atoms with Crippen molar-refractivity contribution in [2.75, 3.05) is 19.8 Å². The van der Waals surface area contributed by atoms with Crippen molar-refractivity contribution in [1.82, 2.24) is 5.32 Å². The summed E-state index contributed by atoms with van der Waals surface area (Å²) in [7, 11) is 0. The van der Waals surface area contributed by atoms with Crippen molar-refractivity contribution in [1.29, 1.82) is 0 Å². The fraction of sp³-hybridized carbons (Fsp3) is 0.273. The van der Waals surface area contributed by atoms with Crippen molar-refractivity contribution in [3.8, 4) is 5.75 Å². The summed E-state index contributed by atoms with van der Waals surface area (Å²) in [5, 5.41) is 2.87. The van der Waals surface area contributed by atoms with Gasteiger partial charge in [-0.25, -0.2) is 9.59 Å². The van der Waals surface area contributed by atoms with Crippen LogP contribution in [0, 0.1) is 0 Å². The summed E-state index contributed by atoms with van der Waals surface area (Å²) in [6, 6.07) is 10.4. The van der Waals surface area contributed by atoms with Gasteiger partial charge in [-0.1, -0.05) is 23.7 Å². The summed E-state index contributed by atoms with van der Waals surface area (Å²) in [6.45, 7) is 3.58. The molecule has 2 rings (SSSR count). The molecule has 0 aliphatic heterocycles. The highest BCUT2D eigenvalue weighted by Gasteiger charge is 2.17. The van der Waals surface area contributed by atoms with E-state index >= 15 is 0 Å². The lowest BCUT2D eigenvalue weighted by Gasteiger charge is -2.10. The zero-order chi connectivity index (χ0) is 22.8. The normalized spacial score (nSPS) is 10.2. The van der Waals surface area contributed by atoms with Crippen LogP contribution in [-0.4, -0.2) is 43.6 Å². The van der Waals surface area contributed by atoms with E-state index in [0.29, 0.717) is 10.6 Å². The summed E-state index contributed by atoms with van der Waals surface area (Å²) in [4.78, 5) is 48.4. The summed E-state index contributed by atoms with van der Waals surface area (Å²) in [6.07, 6.45) is -0.144. The molecule has 8 nitrogen and oxygen atoms in total. The van der Waals surface area contributed by atoms with Gasteiger partial charge in [0.1, 0.15) is 5.75 Å². The van der Waals surface area contributed by atoms with Crippen molar-refractivity contribution < 1.29 is 33.4 Å². The fourth-order valence-corrected chi connectivity index (χ4v) is 2.75. The number of carbonyl (C=O) groups is 4. The van der Waals surface area contributed by atoms with Gasteiger partial charge in [-0.2, -0.15) is 0 Å². The van der Waals surface area contributed by atoms with Crippen molar-refractivity contribution in [2.24, 2.45) is 0 Å². The first-order valence-electron chi connectivity index (χ1n) is 9.58. The molecule has 0 bridgehead atoms. The number of hydrogen-bond donors (Lipinski definition) is 1. The quantitative estimate of drug-likeness (QED) is 0.463. The van der Waals surface area contributed by atoms with Crippen LogP contribution in [0.15, 0.2) is 42.5 Å². The molecule has 0 aromatic heterocycles. The molecular formula is C22H22ClNO7. The molecule has 0 aliphatic rings. The average molecular weight is 448 g/mol. The van der Waals surface area contributed by atoms with Gasteiger partial charge in [0.15, 0.2) is 0 Å². The minimum absolute atomic E-state index is 0.00515. The van der Waals surface area contributed by atoms with Crippen molar-refractivity contribution in [3.63, 3.8) is 0 Å². The summed E-state index contributed by atoms with van der Waals surface area (Å²) < 4.78 is 15.1. The number of benzene rings is 2. The average Bonchev–Trinajstić information content (AvgIpc) is 2.74. The standard InChI is InChI=1S/C22H22ClNO7/c1-3-29-21(27)14-11-15(22(28)30-4-2)13-16(12-14)31-19(25)9-10-24-20(26)17-7-5-6-8-18(17)23/h5-8,11-13H,3-4,9-10H2,1-2H3,(H,24,26). The number of rotatable bonds is 9. The number of hydrogen-bond acceptors (Lipinski definition) is 7. The van der Waals surface area contributed by atoms with Crippen LogP contribution in [0.25, 0.3) is 0 Å². The van der Waals surface area contributed by atoms with Gasteiger partial charge >= 0.3 is 17.9 Å². The van der Waals surface area contributed by atoms with Crippen LogP contribution in [-0.2, 0) is 14.3 Å². The lowest BCUT2D eigenvalue weighted by atomic mass is 10.1. The van der Waals surface area contributed by atoms with Gasteiger partial charge in [0.25, 0.3) is 5.91 Å².